The summed E-state index contributed by atoms with van der Waals surface area (Å²) in [6.45, 7) is 4.98. The normalized spacial score (nSPS) is 21.4. The first-order valence-electron chi connectivity index (χ1n) is 5.73. The van der Waals surface area contributed by atoms with Gasteiger partial charge in [-0.15, -0.1) is 0 Å². The van der Waals surface area contributed by atoms with Gasteiger partial charge >= 0.3 is 0 Å². The third-order valence-electron chi connectivity index (χ3n) is 3.26. The lowest BCUT2D eigenvalue weighted by Crippen LogP contribution is -2.47. The first-order valence-corrected chi connectivity index (χ1v) is 5.73. The van der Waals surface area contributed by atoms with Crippen LogP contribution in [0.4, 0.5) is 5.69 Å². The minimum Gasteiger partial charge on any atom is -0.368 e. The number of primary amides is 1. The molecule has 1 aliphatic heterocycles. The van der Waals surface area contributed by atoms with E-state index in [1.807, 2.05) is 19.1 Å². The summed E-state index contributed by atoms with van der Waals surface area (Å²) in [7, 11) is 0. The number of rotatable bonds is 2. The first-order chi connectivity index (χ1) is 7.59. The molecule has 2 atom stereocenters. The predicted octanol–water partition coefficient (Wildman–Crippen LogP) is 1.56. The Bertz CT molecular complexity index is 403. The summed E-state index contributed by atoms with van der Waals surface area (Å²) < 4.78 is 0. The second-order valence-electron chi connectivity index (χ2n) is 4.67. The number of hydrogen-bond donors (Lipinski definition) is 1. The Morgan fingerprint density at radius 1 is 1.50 bits per heavy atom. The van der Waals surface area contributed by atoms with Crippen molar-refractivity contribution in [3.8, 4) is 0 Å². The molecule has 2 N–H and O–H groups in total. The van der Waals surface area contributed by atoms with Crippen LogP contribution in [0.15, 0.2) is 24.3 Å². The molecule has 1 aliphatic rings. The molecule has 0 aliphatic carbocycles. The molecule has 0 saturated heterocycles. The van der Waals surface area contributed by atoms with Gasteiger partial charge in [-0.05, 0) is 30.9 Å². The molecule has 1 aromatic rings. The van der Waals surface area contributed by atoms with Crippen LogP contribution in [0.5, 0.6) is 0 Å². The van der Waals surface area contributed by atoms with E-state index in [4.69, 9.17) is 5.73 Å². The van der Waals surface area contributed by atoms with Crippen molar-refractivity contribution in [2.45, 2.75) is 26.3 Å². The fourth-order valence-corrected chi connectivity index (χ4v) is 2.36. The maximum absolute atomic E-state index is 11.3. The Kier molecular flexibility index (Phi) is 2.86. The Morgan fingerprint density at radius 2 is 2.19 bits per heavy atom. The molecule has 3 nitrogen and oxygen atoms in total. The monoisotopic (exact) mass is 218 g/mol. The summed E-state index contributed by atoms with van der Waals surface area (Å²) in [6, 6.07) is 8.02. The molecule has 2 unspecified atom stereocenters. The number of benzene rings is 1. The summed E-state index contributed by atoms with van der Waals surface area (Å²) >= 11 is 0. The van der Waals surface area contributed by atoms with Gasteiger partial charge in [-0.3, -0.25) is 4.79 Å². The van der Waals surface area contributed by atoms with Gasteiger partial charge in [0.2, 0.25) is 5.91 Å². The minimum absolute atomic E-state index is 0.233. The molecule has 0 bridgehead atoms. The number of carbonyl (C=O) groups excluding carboxylic acids is 1. The Hall–Kier alpha value is -1.51. The van der Waals surface area contributed by atoms with Crippen molar-refractivity contribution in [3.63, 3.8) is 0 Å². The van der Waals surface area contributed by atoms with Crippen molar-refractivity contribution >= 4 is 11.6 Å². The van der Waals surface area contributed by atoms with Crippen LogP contribution in [0.2, 0.25) is 0 Å². The molecular formula is C13H18N2O. The number of para-hydroxylation sites is 1. The molecular weight excluding hydrogens is 200 g/mol. The molecule has 1 heterocycles. The maximum atomic E-state index is 11.3. The summed E-state index contributed by atoms with van der Waals surface area (Å²) in [5.41, 5.74) is 7.86. The zero-order chi connectivity index (χ0) is 11.7. The van der Waals surface area contributed by atoms with Crippen molar-refractivity contribution in [1.82, 2.24) is 0 Å². The van der Waals surface area contributed by atoms with E-state index < -0.39 is 0 Å². The largest absolute Gasteiger partial charge is 0.368 e. The van der Waals surface area contributed by atoms with E-state index in [9.17, 15) is 4.79 Å². The zero-order valence-corrected chi connectivity index (χ0v) is 9.81. The van der Waals surface area contributed by atoms with Gasteiger partial charge in [-0.2, -0.15) is 0 Å². The lowest BCUT2D eigenvalue weighted by Gasteiger charge is -2.37. The highest BCUT2D eigenvalue weighted by atomic mass is 16.1. The molecule has 0 saturated carbocycles. The zero-order valence-electron chi connectivity index (χ0n) is 9.81. The van der Waals surface area contributed by atoms with Gasteiger partial charge in [0.05, 0.1) is 0 Å². The van der Waals surface area contributed by atoms with Crippen molar-refractivity contribution in [3.05, 3.63) is 29.8 Å². The van der Waals surface area contributed by atoms with Crippen molar-refractivity contribution in [2.24, 2.45) is 11.7 Å². The van der Waals surface area contributed by atoms with Crippen LogP contribution in [0.3, 0.4) is 0 Å². The molecule has 86 valence electrons. The SMILES string of the molecule is CC1Cc2ccccc2N(C(C)C(N)=O)C1. The van der Waals surface area contributed by atoms with Gasteiger partial charge in [-0.1, -0.05) is 25.1 Å². The molecule has 3 heteroatoms. The number of anilines is 1. The molecule has 1 amide bonds. The smallest absolute Gasteiger partial charge is 0.239 e. The number of nitrogens with two attached hydrogens (primary N) is 1. The summed E-state index contributed by atoms with van der Waals surface area (Å²) in [5, 5.41) is 0. The fraction of sp³-hybridized carbons (Fsp3) is 0.462. The van der Waals surface area contributed by atoms with Crippen LogP contribution in [-0.2, 0) is 11.2 Å². The number of hydrogen-bond acceptors (Lipinski definition) is 2. The number of carbonyl (C=O) groups is 1. The number of amides is 1. The van der Waals surface area contributed by atoms with Crippen LogP contribution in [0.25, 0.3) is 0 Å². The summed E-state index contributed by atoms with van der Waals surface area (Å²) in [4.78, 5) is 13.4. The standard InChI is InChI=1S/C13H18N2O/c1-9-7-11-5-3-4-6-12(11)15(8-9)10(2)13(14)16/h3-6,9-10H,7-8H2,1-2H3,(H2,14,16). The molecule has 1 aromatic carbocycles. The minimum atomic E-state index is -0.260. The van der Waals surface area contributed by atoms with Gasteiger partial charge in [0.25, 0.3) is 0 Å². The Morgan fingerprint density at radius 3 is 2.88 bits per heavy atom. The Labute approximate surface area is 96.2 Å². The lowest BCUT2D eigenvalue weighted by atomic mass is 9.93. The third-order valence-corrected chi connectivity index (χ3v) is 3.26. The van der Waals surface area contributed by atoms with Crippen LogP contribution in [-0.4, -0.2) is 18.5 Å². The molecule has 0 radical (unpaired) electrons. The maximum Gasteiger partial charge on any atom is 0.239 e. The van der Waals surface area contributed by atoms with Crippen molar-refractivity contribution in [2.75, 3.05) is 11.4 Å². The highest BCUT2D eigenvalue weighted by Gasteiger charge is 2.27. The quantitative estimate of drug-likeness (QED) is 0.818. The molecule has 0 fully saturated rings. The van der Waals surface area contributed by atoms with Gasteiger partial charge in [0.15, 0.2) is 0 Å². The highest BCUT2D eigenvalue weighted by molar-refractivity contribution is 5.83. The van der Waals surface area contributed by atoms with Crippen molar-refractivity contribution in [1.29, 1.82) is 0 Å². The molecule has 0 aromatic heterocycles. The van der Waals surface area contributed by atoms with Crippen LogP contribution in [0, 0.1) is 5.92 Å². The summed E-state index contributed by atoms with van der Waals surface area (Å²) in [6.07, 6.45) is 1.08. The van der Waals surface area contributed by atoms with Crippen molar-refractivity contribution < 1.29 is 4.79 Å². The van der Waals surface area contributed by atoms with Crippen LogP contribution in [0.1, 0.15) is 19.4 Å². The average molecular weight is 218 g/mol. The third kappa shape index (κ3) is 1.90. The molecule has 2 rings (SSSR count). The highest BCUT2D eigenvalue weighted by Crippen LogP contribution is 2.30. The predicted molar refractivity (Wildman–Crippen MR) is 65.3 cm³/mol. The topological polar surface area (TPSA) is 46.3 Å². The lowest BCUT2D eigenvalue weighted by molar-refractivity contribution is -0.119. The van der Waals surface area contributed by atoms with Gasteiger partial charge in [0.1, 0.15) is 6.04 Å². The van der Waals surface area contributed by atoms with E-state index in [0.29, 0.717) is 5.92 Å². The van der Waals surface area contributed by atoms with Gasteiger partial charge in [-0.25, -0.2) is 0 Å². The molecule has 16 heavy (non-hydrogen) atoms. The van der Waals surface area contributed by atoms with Crippen LogP contribution >= 0.6 is 0 Å². The fourth-order valence-electron chi connectivity index (χ4n) is 2.36. The first kappa shape index (κ1) is 11.0. The number of nitrogens with zero attached hydrogens (tertiary/aromatic N) is 1. The van der Waals surface area contributed by atoms with Gasteiger partial charge < -0.3 is 10.6 Å². The van der Waals surface area contributed by atoms with E-state index >= 15 is 0 Å². The van der Waals surface area contributed by atoms with E-state index in [-0.39, 0.29) is 11.9 Å². The summed E-state index contributed by atoms with van der Waals surface area (Å²) in [5.74, 6) is 0.306. The second kappa shape index (κ2) is 4.16. The Balaban J connectivity index is 2.37. The average Bonchev–Trinajstić information content (AvgIpc) is 2.26. The van der Waals surface area contributed by atoms with E-state index in [0.717, 1.165) is 18.7 Å². The molecule has 0 spiro atoms. The van der Waals surface area contributed by atoms with E-state index in [1.54, 1.807) is 0 Å². The second-order valence-corrected chi connectivity index (χ2v) is 4.67. The van der Waals surface area contributed by atoms with Gasteiger partial charge in [0, 0.05) is 12.2 Å². The van der Waals surface area contributed by atoms with Crippen LogP contribution < -0.4 is 10.6 Å². The van der Waals surface area contributed by atoms with E-state index in [1.165, 1.54) is 5.56 Å². The number of fused-ring (bicyclic) bond motifs is 1. The van der Waals surface area contributed by atoms with E-state index in [2.05, 4.69) is 24.0 Å².